The summed E-state index contributed by atoms with van der Waals surface area (Å²) in [7, 11) is 0. The first-order chi connectivity index (χ1) is 10.7. The molecule has 1 fully saturated rings. The van der Waals surface area contributed by atoms with Crippen LogP contribution in [0.5, 0.6) is 11.5 Å². The van der Waals surface area contributed by atoms with Crippen LogP contribution in [0.15, 0.2) is 42.5 Å². The summed E-state index contributed by atoms with van der Waals surface area (Å²) in [6.45, 7) is 1.11. The van der Waals surface area contributed by atoms with E-state index in [2.05, 4.69) is 0 Å². The lowest BCUT2D eigenvalue weighted by Gasteiger charge is -2.20. The van der Waals surface area contributed by atoms with E-state index in [0.717, 1.165) is 6.42 Å². The molecule has 2 aromatic carbocycles. The SMILES string of the molecule is N[C@@H](c1ccc(F)c(Oc2ccccc2)c1F)[C@H]1CCOC1. The number of hydrogen-bond donors (Lipinski definition) is 1. The highest BCUT2D eigenvalue weighted by Crippen LogP contribution is 2.35. The highest BCUT2D eigenvalue weighted by molar-refractivity contribution is 5.38. The van der Waals surface area contributed by atoms with Crippen molar-refractivity contribution in [1.29, 1.82) is 0 Å². The molecular weight excluding hydrogens is 288 g/mol. The molecule has 1 heterocycles. The van der Waals surface area contributed by atoms with Gasteiger partial charge in [0.2, 0.25) is 0 Å². The third kappa shape index (κ3) is 2.96. The number of halogens is 2. The molecule has 0 bridgehead atoms. The predicted octanol–water partition coefficient (Wildman–Crippen LogP) is 3.79. The fourth-order valence-electron chi connectivity index (χ4n) is 2.60. The average molecular weight is 305 g/mol. The highest BCUT2D eigenvalue weighted by Gasteiger charge is 2.28. The average Bonchev–Trinajstić information content (AvgIpc) is 3.06. The molecule has 0 amide bonds. The van der Waals surface area contributed by atoms with E-state index >= 15 is 0 Å². The zero-order valence-corrected chi connectivity index (χ0v) is 12.0. The predicted molar refractivity (Wildman–Crippen MR) is 78.7 cm³/mol. The van der Waals surface area contributed by atoms with Gasteiger partial charge < -0.3 is 15.2 Å². The Morgan fingerprint density at radius 1 is 1.14 bits per heavy atom. The summed E-state index contributed by atoms with van der Waals surface area (Å²) in [4.78, 5) is 0. The molecule has 22 heavy (non-hydrogen) atoms. The van der Waals surface area contributed by atoms with E-state index in [4.69, 9.17) is 15.2 Å². The van der Waals surface area contributed by atoms with E-state index in [-0.39, 0.29) is 11.5 Å². The molecule has 0 aromatic heterocycles. The number of rotatable bonds is 4. The summed E-state index contributed by atoms with van der Waals surface area (Å²) in [6.07, 6.45) is 0.771. The Morgan fingerprint density at radius 2 is 1.91 bits per heavy atom. The van der Waals surface area contributed by atoms with Gasteiger partial charge in [0.05, 0.1) is 6.61 Å². The van der Waals surface area contributed by atoms with Gasteiger partial charge in [0.15, 0.2) is 17.4 Å². The Kier molecular flexibility index (Phi) is 4.36. The van der Waals surface area contributed by atoms with Crippen molar-refractivity contribution < 1.29 is 18.3 Å². The fourth-order valence-corrected chi connectivity index (χ4v) is 2.60. The van der Waals surface area contributed by atoms with Crippen LogP contribution in [0.3, 0.4) is 0 Å². The van der Waals surface area contributed by atoms with Crippen LogP contribution >= 0.6 is 0 Å². The van der Waals surface area contributed by atoms with Crippen LogP contribution in [-0.4, -0.2) is 13.2 Å². The summed E-state index contributed by atoms with van der Waals surface area (Å²) in [5, 5.41) is 0. The summed E-state index contributed by atoms with van der Waals surface area (Å²) in [6, 6.07) is 10.6. The molecule has 0 radical (unpaired) electrons. The second-order valence-corrected chi connectivity index (χ2v) is 5.34. The molecule has 3 rings (SSSR count). The Morgan fingerprint density at radius 3 is 2.59 bits per heavy atom. The molecular formula is C17H17F2NO2. The van der Waals surface area contributed by atoms with Gasteiger partial charge in [-0.15, -0.1) is 0 Å². The van der Waals surface area contributed by atoms with Gasteiger partial charge in [-0.05, 0) is 24.6 Å². The topological polar surface area (TPSA) is 44.5 Å². The fraction of sp³-hybridized carbons (Fsp3) is 0.294. The van der Waals surface area contributed by atoms with Gasteiger partial charge in [-0.2, -0.15) is 0 Å². The second kappa shape index (κ2) is 6.42. The van der Waals surface area contributed by atoms with E-state index in [9.17, 15) is 8.78 Å². The zero-order valence-electron chi connectivity index (χ0n) is 12.0. The van der Waals surface area contributed by atoms with Crippen molar-refractivity contribution in [1.82, 2.24) is 0 Å². The summed E-state index contributed by atoms with van der Waals surface area (Å²) < 4.78 is 39.2. The number of hydrogen-bond acceptors (Lipinski definition) is 3. The Labute approximate surface area is 127 Å². The highest BCUT2D eigenvalue weighted by atomic mass is 19.1. The molecule has 2 N–H and O–H groups in total. The quantitative estimate of drug-likeness (QED) is 0.934. The molecule has 2 aromatic rings. The van der Waals surface area contributed by atoms with E-state index in [0.29, 0.717) is 19.0 Å². The van der Waals surface area contributed by atoms with Gasteiger partial charge in [0.25, 0.3) is 0 Å². The normalized spacial score (nSPS) is 19.1. The number of nitrogens with two attached hydrogens (primary N) is 1. The van der Waals surface area contributed by atoms with Crippen LogP contribution in [0.25, 0.3) is 0 Å². The van der Waals surface area contributed by atoms with Gasteiger partial charge in [-0.3, -0.25) is 0 Å². The second-order valence-electron chi connectivity index (χ2n) is 5.34. The van der Waals surface area contributed by atoms with Gasteiger partial charge in [0.1, 0.15) is 5.75 Å². The lowest BCUT2D eigenvalue weighted by molar-refractivity contribution is 0.180. The smallest absolute Gasteiger partial charge is 0.198 e. The van der Waals surface area contributed by atoms with Gasteiger partial charge in [-0.1, -0.05) is 24.3 Å². The minimum Gasteiger partial charge on any atom is -0.451 e. The third-order valence-electron chi connectivity index (χ3n) is 3.87. The number of benzene rings is 2. The van der Waals surface area contributed by atoms with Crippen LogP contribution < -0.4 is 10.5 Å². The molecule has 3 nitrogen and oxygen atoms in total. The zero-order chi connectivity index (χ0) is 15.5. The van der Waals surface area contributed by atoms with Gasteiger partial charge in [-0.25, -0.2) is 8.78 Å². The Hall–Kier alpha value is -1.98. The van der Waals surface area contributed by atoms with Crippen molar-refractivity contribution in [2.45, 2.75) is 12.5 Å². The molecule has 0 unspecified atom stereocenters. The maximum atomic E-state index is 14.6. The minimum absolute atomic E-state index is 0.0320. The van der Waals surface area contributed by atoms with E-state index in [1.54, 1.807) is 30.3 Å². The standard InChI is InChI=1S/C17H17F2NO2/c18-14-7-6-13(16(20)11-8-9-21-10-11)15(19)17(14)22-12-4-2-1-3-5-12/h1-7,11,16H,8-10,20H2/t11-,16+/m0/s1. The molecule has 5 heteroatoms. The van der Waals surface area contributed by atoms with Crippen LogP contribution in [-0.2, 0) is 4.74 Å². The van der Waals surface area contributed by atoms with E-state index in [1.807, 2.05) is 0 Å². The van der Waals surface area contributed by atoms with Crippen LogP contribution in [0.4, 0.5) is 8.78 Å². The van der Waals surface area contributed by atoms with Crippen molar-refractivity contribution in [3.63, 3.8) is 0 Å². The van der Waals surface area contributed by atoms with Crippen LogP contribution in [0.1, 0.15) is 18.0 Å². The maximum absolute atomic E-state index is 14.6. The van der Waals surface area contributed by atoms with Crippen LogP contribution in [0, 0.1) is 17.6 Å². The van der Waals surface area contributed by atoms with Crippen molar-refractivity contribution in [3.8, 4) is 11.5 Å². The minimum atomic E-state index is -0.750. The number of para-hydroxylation sites is 1. The molecule has 1 aliphatic rings. The maximum Gasteiger partial charge on any atom is 0.198 e. The van der Waals surface area contributed by atoms with Crippen molar-refractivity contribution in [2.24, 2.45) is 11.7 Å². The molecule has 1 aliphatic heterocycles. The molecule has 0 spiro atoms. The lowest BCUT2D eigenvalue weighted by atomic mass is 9.92. The molecule has 1 saturated heterocycles. The van der Waals surface area contributed by atoms with Crippen molar-refractivity contribution >= 4 is 0 Å². The lowest BCUT2D eigenvalue weighted by Crippen LogP contribution is -2.23. The number of ether oxygens (including phenoxy) is 2. The third-order valence-corrected chi connectivity index (χ3v) is 3.87. The molecule has 0 saturated carbocycles. The Bertz CT molecular complexity index is 643. The summed E-state index contributed by atoms with van der Waals surface area (Å²) >= 11 is 0. The molecule has 0 aliphatic carbocycles. The molecule has 116 valence electrons. The molecule has 2 atom stereocenters. The van der Waals surface area contributed by atoms with Crippen LogP contribution in [0.2, 0.25) is 0 Å². The Balaban J connectivity index is 1.91. The first-order valence-corrected chi connectivity index (χ1v) is 7.21. The van der Waals surface area contributed by atoms with Gasteiger partial charge >= 0.3 is 0 Å². The monoisotopic (exact) mass is 305 g/mol. The van der Waals surface area contributed by atoms with Gasteiger partial charge in [0, 0.05) is 24.1 Å². The van der Waals surface area contributed by atoms with E-state index < -0.39 is 23.4 Å². The summed E-state index contributed by atoms with van der Waals surface area (Å²) in [5.41, 5.74) is 6.37. The first-order valence-electron chi connectivity index (χ1n) is 7.21. The van der Waals surface area contributed by atoms with Crippen molar-refractivity contribution in [3.05, 3.63) is 59.7 Å². The van der Waals surface area contributed by atoms with E-state index in [1.165, 1.54) is 12.1 Å². The van der Waals surface area contributed by atoms with Crippen molar-refractivity contribution in [2.75, 3.05) is 13.2 Å². The largest absolute Gasteiger partial charge is 0.451 e. The first kappa shape index (κ1) is 14.9. The summed E-state index contributed by atoms with van der Waals surface area (Å²) in [5.74, 6) is -1.51.